The fraction of sp³-hybridized carbons (Fsp3) is 0.462. The standard InChI is InChI=1S/C13H19NO4/c1-8-9(2)13(18-5)10(6-11(8)17-4)14(3)7-12(15)16/h6H,7H2,1-5H3,(H,15,16). The van der Waals surface area contributed by atoms with Crippen LogP contribution >= 0.6 is 0 Å². The van der Waals surface area contributed by atoms with Gasteiger partial charge in [-0.1, -0.05) is 0 Å². The number of carbonyl (C=O) groups is 1. The lowest BCUT2D eigenvalue weighted by Gasteiger charge is -2.23. The highest BCUT2D eigenvalue weighted by Gasteiger charge is 2.17. The fourth-order valence-electron chi connectivity index (χ4n) is 1.89. The van der Waals surface area contributed by atoms with Crippen molar-refractivity contribution in [2.75, 3.05) is 32.7 Å². The molecule has 5 heteroatoms. The van der Waals surface area contributed by atoms with Crippen LogP contribution in [0.5, 0.6) is 11.5 Å². The molecule has 0 saturated carbocycles. The first kappa shape index (κ1) is 14.2. The lowest BCUT2D eigenvalue weighted by Crippen LogP contribution is -2.25. The van der Waals surface area contributed by atoms with Gasteiger partial charge in [-0.2, -0.15) is 0 Å². The summed E-state index contributed by atoms with van der Waals surface area (Å²) >= 11 is 0. The average molecular weight is 253 g/mol. The van der Waals surface area contributed by atoms with E-state index in [-0.39, 0.29) is 6.54 Å². The molecule has 0 fully saturated rings. The van der Waals surface area contributed by atoms with Crippen molar-refractivity contribution < 1.29 is 19.4 Å². The van der Waals surface area contributed by atoms with Crippen molar-refractivity contribution in [1.82, 2.24) is 0 Å². The third-order valence-electron chi connectivity index (χ3n) is 2.98. The van der Waals surface area contributed by atoms with E-state index in [1.807, 2.05) is 13.8 Å². The molecule has 0 aliphatic carbocycles. The number of hydrogen-bond donors (Lipinski definition) is 1. The molecule has 1 N–H and O–H groups in total. The van der Waals surface area contributed by atoms with Crippen LogP contribution in [0.2, 0.25) is 0 Å². The molecule has 1 aromatic rings. The summed E-state index contributed by atoms with van der Waals surface area (Å²) in [5.74, 6) is 0.509. The average Bonchev–Trinajstić information content (AvgIpc) is 2.31. The van der Waals surface area contributed by atoms with Crippen molar-refractivity contribution in [1.29, 1.82) is 0 Å². The molecule has 1 aromatic carbocycles. The van der Waals surface area contributed by atoms with Crippen LogP contribution in [0, 0.1) is 13.8 Å². The predicted molar refractivity (Wildman–Crippen MR) is 69.9 cm³/mol. The summed E-state index contributed by atoms with van der Waals surface area (Å²) in [6.45, 7) is 3.77. The SMILES string of the molecule is COc1cc(N(C)CC(=O)O)c(OC)c(C)c1C. The van der Waals surface area contributed by atoms with Crippen molar-refractivity contribution >= 4 is 11.7 Å². The molecule has 0 aromatic heterocycles. The first-order valence-electron chi connectivity index (χ1n) is 5.57. The van der Waals surface area contributed by atoms with E-state index in [1.54, 1.807) is 32.2 Å². The molecule has 0 aliphatic rings. The van der Waals surface area contributed by atoms with Gasteiger partial charge in [0.1, 0.15) is 18.0 Å². The lowest BCUT2D eigenvalue weighted by atomic mass is 10.1. The Kier molecular flexibility index (Phi) is 4.42. The molecule has 0 atom stereocenters. The van der Waals surface area contributed by atoms with Crippen LogP contribution in [-0.2, 0) is 4.79 Å². The van der Waals surface area contributed by atoms with Crippen LogP contribution in [-0.4, -0.2) is 38.9 Å². The van der Waals surface area contributed by atoms with Gasteiger partial charge in [0.25, 0.3) is 0 Å². The number of nitrogens with zero attached hydrogens (tertiary/aromatic N) is 1. The zero-order valence-electron chi connectivity index (χ0n) is 11.4. The van der Waals surface area contributed by atoms with Crippen LogP contribution in [0.25, 0.3) is 0 Å². The van der Waals surface area contributed by atoms with E-state index in [4.69, 9.17) is 14.6 Å². The van der Waals surface area contributed by atoms with Gasteiger partial charge in [0.2, 0.25) is 0 Å². The Bertz CT molecular complexity index is 457. The maximum Gasteiger partial charge on any atom is 0.323 e. The van der Waals surface area contributed by atoms with E-state index >= 15 is 0 Å². The maximum absolute atomic E-state index is 10.8. The molecule has 0 saturated heterocycles. The Morgan fingerprint density at radius 1 is 1.28 bits per heavy atom. The number of benzene rings is 1. The minimum absolute atomic E-state index is 0.0952. The Hall–Kier alpha value is -1.91. The van der Waals surface area contributed by atoms with E-state index in [9.17, 15) is 4.79 Å². The van der Waals surface area contributed by atoms with E-state index in [1.165, 1.54) is 0 Å². The highest BCUT2D eigenvalue weighted by atomic mass is 16.5. The van der Waals surface area contributed by atoms with Crippen molar-refractivity contribution in [3.05, 3.63) is 17.2 Å². The highest BCUT2D eigenvalue weighted by Crippen LogP contribution is 2.38. The second-order valence-corrected chi connectivity index (χ2v) is 4.13. The molecule has 0 spiro atoms. The van der Waals surface area contributed by atoms with Gasteiger partial charge in [-0.15, -0.1) is 0 Å². The van der Waals surface area contributed by atoms with Crippen LogP contribution in [0.15, 0.2) is 6.07 Å². The number of hydrogen-bond acceptors (Lipinski definition) is 4. The summed E-state index contributed by atoms with van der Waals surface area (Å²) in [5.41, 5.74) is 2.64. The number of likely N-dealkylation sites (N-methyl/N-ethyl adjacent to an activating group) is 1. The van der Waals surface area contributed by atoms with Gasteiger partial charge >= 0.3 is 5.97 Å². The van der Waals surface area contributed by atoms with Crippen LogP contribution in [0.3, 0.4) is 0 Å². The van der Waals surface area contributed by atoms with E-state index in [0.29, 0.717) is 11.4 Å². The second-order valence-electron chi connectivity index (χ2n) is 4.13. The number of carboxylic acid groups (broad SMARTS) is 1. The number of carboxylic acids is 1. The van der Waals surface area contributed by atoms with Gasteiger partial charge in [-0.3, -0.25) is 4.79 Å². The molecule has 0 heterocycles. The van der Waals surface area contributed by atoms with Gasteiger partial charge < -0.3 is 19.5 Å². The number of methoxy groups -OCH3 is 2. The Balaban J connectivity index is 3.32. The molecular weight excluding hydrogens is 234 g/mol. The molecule has 0 aliphatic heterocycles. The number of rotatable bonds is 5. The predicted octanol–water partition coefficient (Wildman–Crippen LogP) is 1.84. The molecule has 0 bridgehead atoms. The monoisotopic (exact) mass is 253 g/mol. The van der Waals surface area contributed by atoms with Gasteiger partial charge in [-0.25, -0.2) is 0 Å². The third-order valence-corrected chi connectivity index (χ3v) is 2.98. The summed E-state index contributed by atoms with van der Waals surface area (Å²) in [6.07, 6.45) is 0. The third kappa shape index (κ3) is 2.67. The minimum atomic E-state index is -0.892. The molecule has 0 amide bonds. The summed E-state index contributed by atoms with van der Waals surface area (Å²) in [4.78, 5) is 12.4. The molecule has 0 unspecified atom stereocenters. The Morgan fingerprint density at radius 2 is 1.89 bits per heavy atom. The molecule has 100 valence electrons. The van der Waals surface area contributed by atoms with Crippen molar-refractivity contribution in [2.45, 2.75) is 13.8 Å². The zero-order chi connectivity index (χ0) is 13.9. The first-order valence-corrected chi connectivity index (χ1v) is 5.57. The van der Waals surface area contributed by atoms with E-state index < -0.39 is 5.97 Å². The molecule has 18 heavy (non-hydrogen) atoms. The van der Waals surface area contributed by atoms with Crippen LogP contribution < -0.4 is 14.4 Å². The van der Waals surface area contributed by atoms with Gasteiger partial charge in [0.15, 0.2) is 0 Å². The molecular formula is C13H19NO4. The van der Waals surface area contributed by atoms with Crippen LogP contribution in [0.1, 0.15) is 11.1 Å². The van der Waals surface area contributed by atoms with Gasteiger partial charge in [-0.05, 0) is 25.0 Å². The van der Waals surface area contributed by atoms with E-state index in [2.05, 4.69) is 0 Å². The summed E-state index contributed by atoms with van der Waals surface area (Å²) in [7, 11) is 4.88. The fourth-order valence-corrected chi connectivity index (χ4v) is 1.89. The topological polar surface area (TPSA) is 59.0 Å². The smallest absolute Gasteiger partial charge is 0.323 e. The van der Waals surface area contributed by atoms with Crippen LogP contribution in [0.4, 0.5) is 5.69 Å². The number of anilines is 1. The van der Waals surface area contributed by atoms with Crippen molar-refractivity contribution in [3.63, 3.8) is 0 Å². The minimum Gasteiger partial charge on any atom is -0.496 e. The molecule has 5 nitrogen and oxygen atoms in total. The first-order chi connectivity index (χ1) is 8.42. The van der Waals surface area contributed by atoms with Crippen molar-refractivity contribution in [2.24, 2.45) is 0 Å². The molecule has 1 rings (SSSR count). The lowest BCUT2D eigenvalue weighted by molar-refractivity contribution is -0.135. The normalized spacial score (nSPS) is 10.1. The number of ether oxygens (including phenoxy) is 2. The Labute approximate surface area is 107 Å². The summed E-state index contributed by atoms with van der Waals surface area (Å²) < 4.78 is 10.7. The maximum atomic E-state index is 10.8. The highest BCUT2D eigenvalue weighted by molar-refractivity contribution is 5.76. The number of aliphatic carboxylic acids is 1. The molecule has 0 radical (unpaired) electrons. The summed E-state index contributed by atoms with van der Waals surface area (Å²) in [5, 5.41) is 8.85. The van der Waals surface area contributed by atoms with E-state index in [0.717, 1.165) is 16.9 Å². The second kappa shape index (κ2) is 5.62. The quantitative estimate of drug-likeness (QED) is 0.867. The summed E-state index contributed by atoms with van der Waals surface area (Å²) in [6, 6.07) is 1.80. The largest absolute Gasteiger partial charge is 0.496 e. The zero-order valence-corrected chi connectivity index (χ0v) is 11.4. The van der Waals surface area contributed by atoms with Gasteiger partial charge in [0, 0.05) is 13.1 Å². The van der Waals surface area contributed by atoms with Gasteiger partial charge in [0.05, 0.1) is 19.9 Å². The van der Waals surface area contributed by atoms with Crippen molar-refractivity contribution in [3.8, 4) is 11.5 Å². The Morgan fingerprint density at radius 3 is 2.33 bits per heavy atom.